The maximum absolute atomic E-state index is 12.5. The summed E-state index contributed by atoms with van der Waals surface area (Å²) in [5, 5.41) is 0. The van der Waals surface area contributed by atoms with Crippen molar-refractivity contribution in [3.63, 3.8) is 0 Å². The minimum atomic E-state index is -0.520. The summed E-state index contributed by atoms with van der Waals surface area (Å²) in [6.45, 7) is 5.08. The largest absolute Gasteiger partial charge is 0.401 e. The first-order valence-electron chi connectivity index (χ1n) is 7.72. The number of imidazole rings is 1. The molecule has 2 aliphatic rings. The van der Waals surface area contributed by atoms with E-state index >= 15 is 0 Å². The molecule has 3 rings (SSSR count). The Hall–Kier alpha value is -2.18. The molecule has 7 heteroatoms. The van der Waals surface area contributed by atoms with Crippen molar-refractivity contribution in [2.24, 2.45) is 4.99 Å². The SMILES string of the molecule is CCCCCn1c(C)c[n+]2c1N=C1C2C(=O)N(C)C(=O)N1C. The Morgan fingerprint density at radius 1 is 1.23 bits per heavy atom. The minimum absolute atomic E-state index is 0.226. The summed E-state index contributed by atoms with van der Waals surface area (Å²) in [4.78, 5) is 31.7. The molecule has 3 heterocycles. The summed E-state index contributed by atoms with van der Waals surface area (Å²) < 4.78 is 4.02. The third-order valence-electron chi connectivity index (χ3n) is 4.43. The van der Waals surface area contributed by atoms with Crippen LogP contribution in [-0.2, 0) is 11.3 Å². The van der Waals surface area contributed by atoms with E-state index in [-0.39, 0.29) is 11.9 Å². The van der Waals surface area contributed by atoms with Crippen LogP contribution >= 0.6 is 0 Å². The van der Waals surface area contributed by atoms with E-state index in [2.05, 4.69) is 16.5 Å². The molecule has 0 spiro atoms. The molecule has 1 aromatic rings. The highest BCUT2D eigenvalue weighted by atomic mass is 16.2. The minimum Gasteiger partial charge on any atom is -0.270 e. The lowest BCUT2D eigenvalue weighted by atomic mass is 10.2. The van der Waals surface area contributed by atoms with Crippen LogP contribution in [0.25, 0.3) is 0 Å². The van der Waals surface area contributed by atoms with Crippen LogP contribution in [0.4, 0.5) is 10.7 Å². The van der Waals surface area contributed by atoms with Gasteiger partial charge >= 0.3 is 12.0 Å². The summed E-state index contributed by atoms with van der Waals surface area (Å²) in [5.74, 6) is 1.06. The smallest absolute Gasteiger partial charge is 0.270 e. The van der Waals surface area contributed by atoms with Crippen molar-refractivity contribution in [2.45, 2.75) is 45.7 Å². The Morgan fingerprint density at radius 3 is 2.64 bits per heavy atom. The topological polar surface area (TPSA) is 61.8 Å². The van der Waals surface area contributed by atoms with E-state index in [9.17, 15) is 9.59 Å². The van der Waals surface area contributed by atoms with Crippen molar-refractivity contribution >= 4 is 23.7 Å². The number of carbonyl (C=O) groups is 2. The second kappa shape index (κ2) is 5.23. The fourth-order valence-corrected chi connectivity index (χ4v) is 3.11. The average molecular weight is 304 g/mol. The van der Waals surface area contributed by atoms with Gasteiger partial charge in [0.05, 0.1) is 6.54 Å². The highest BCUT2D eigenvalue weighted by Crippen LogP contribution is 2.28. The number of amides is 3. The number of aryl methyl sites for hydroxylation is 1. The van der Waals surface area contributed by atoms with E-state index in [4.69, 9.17) is 0 Å². The van der Waals surface area contributed by atoms with Gasteiger partial charge in [-0.2, -0.15) is 0 Å². The number of aliphatic imine (C=N–C) groups is 1. The molecule has 0 aromatic carbocycles. The van der Waals surface area contributed by atoms with Gasteiger partial charge in [0.1, 0.15) is 11.9 Å². The molecule has 7 nitrogen and oxygen atoms in total. The Morgan fingerprint density at radius 2 is 1.95 bits per heavy atom. The molecule has 0 radical (unpaired) electrons. The Bertz CT molecular complexity index is 676. The maximum atomic E-state index is 12.5. The van der Waals surface area contributed by atoms with Gasteiger partial charge in [0.25, 0.3) is 5.91 Å². The zero-order valence-corrected chi connectivity index (χ0v) is 13.5. The molecule has 118 valence electrons. The molecule has 1 unspecified atom stereocenters. The molecule has 0 N–H and O–H groups in total. The van der Waals surface area contributed by atoms with Crippen molar-refractivity contribution in [3.8, 4) is 0 Å². The van der Waals surface area contributed by atoms with Gasteiger partial charge < -0.3 is 0 Å². The molecule has 0 aliphatic carbocycles. The van der Waals surface area contributed by atoms with Crippen LogP contribution in [0.5, 0.6) is 0 Å². The molecule has 22 heavy (non-hydrogen) atoms. The number of amidine groups is 1. The van der Waals surface area contributed by atoms with Crippen molar-refractivity contribution in [3.05, 3.63) is 11.9 Å². The van der Waals surface area contributed by atoms with Gasteiger partial charge in [-0.15, -0.1) is 0 Å². The molecule has 1 saturated heterocycles. The lowest BCUT2D eigenvalue weighted by Gasteiger charge is -2.30. The summed E-state index contributed by atoms with van der Waals surface area (Å²) in [6, 6.07) is -0.853. The van der Waals surface area contributed by atoms with E-state index in [1.807, 2.05) is 17.7 Å². The highest BCUT2D eigenvalue weighted by molar-refractivity contribution is 6.18. The summed E-state index contributed by atoms with van der Waals surface area (Å²) in [5.41, 5.74) is 1.09. The lowest BCUT2D eigenvalue weighted by Crippen LogP contribution is -2.61. The average Bonchev–Trinajstić information content (AvgIpc) is 2.99. The summed E-state index contributed by atoms with van der Waals surface area (Å²) >= 11 is 0. The summed E-state index contributed by atoms with van der Waals surface area (Å²) in [6.07, 6.45) is 5.36. The molecule has 0 bridgehead atoms. The molecule has 2 aliphatic heterocycles. The number of aromatic nitrogens is 2. The Labute approximate surface area is 129 Å². The number of likely N-dealkylation sites (N-methyl/N-ethyl adjacent to an activating group) is 2. The van der Waals surface area contributed by atoms with Gasteiger partial charge in [-0.3, -0.25) is 14.6 Å². The van der Waals surface area contributed by atoms with Crippen LogP contribution in [0.15, 0.2) is 11.2 Å². The number of fused-ring (bicyclic) bond motifs is 3. The van der Waals surface area contributed by atoms with Crippen LogP contribution in [0.2, 0.25) is 0 Å². The summed E-state index contributed by atoms with van der Waals surface area (Å²) in [7, 11) is 3.18. The van der Waals surface area contributed by atoms with Crippen LogP contribution in [0, 0.1) is 6.92 Å². The molecule has 1 atom stereocenters. The van der Waals surface area contributed by atoms with Crippen LogP contribution in [0.1, 0.15) is 37.9 Å². The third kappa shape index (κ3) is 1.95. The van der Waals surface area contributed by atoms with Gasteiger partial charge in [0.15, 0.2) is 0 Å². The maximum Gasteiger partial charge on any atom is 0.401 e. The molecular formula is C15H22N5O2+. The standard InChI is InChI=1S/C15H22N5O2/c1-5-6-7-8-19-10(2)9-20-11-12(16-14(19)20)17(3)15(22)18(4)13(11)21/h9,11H,5-8H2,1-4H3/q+1. The number of unbranched alkanes of at least 4 members (excludes halogenated alkanes) is 2. The van der Waals surface area contributed by atoms with Crippen LogP contribution in [-0.4, -0.2) is 46.2 Å². The predicted molar refractivity (Wildman–Crippen MR) is 81.0 cm³/mol. The van der Waals surface area contributed by atoms with E-state index in [0.717, 1.165) is 42.3 Å². The second-order valence-electron chi connectivity index (χ2n) is 5.95. The van der Waals surface area contributed by atoms with E-state index in [1.165, 1.54) is 11.9 Å². The number of urea groups is 1. The Balaban J connectivity index is 2.00. The number of nitrogens with zero attached hydrogens (tertiary/aromatic N) is 5. The zero-order valence-electron chi connectivity index (χ0n) is 13.5. The normalized spacial score (nSPS) is 20.4. The van der Waals surface area contributed by atoms with E-state index < -0.39 is 6.04 Å². The quantitative estimate of drug-likeness (QED) is 0.623. The molecular weight excluding hydrogens is 282 g/mol. The van der Waals surface area contributed by atoms with Crippen molar-refractivity contribution in [1.29, 1.82) is 0 Å². The van der Waals surface area contributed by atoms with Gasteiger partial charge in [-0.1, -0.05) is 24.8 Å². The monoisotopic (exact) mass is 304 g/mol. The number of rotatable bonds is 4. The number of imide groups is 1. The molecule has 1 aromatic heterocycles. The van der Waals surface area contributed by atoms with Gasteiger partial charge in [-0.05, 0) is 13.3 Å². The zero-order chi connectivity index (χ0) is 16.0. The first-order valence-corrected chi connectivity index (χ1v) is 7.72. The Kier molecular flexibility index (Phi) is 3.50. The highest BCUT2D eigenvalue weighted by Gasteiger charge is 2.51. The van der Waals surface area contributed by atoms with Crippen LogP contribution < -0.4 is 4.57 Å². The van der Waals surface area contributed by atoms with Crippen LogP contribution in [0.3, 0.4) is 0 Å². The fourth-order valence-electron chi connectivity index (χ4n) is 3.11. The fraction of sp³-hybridized carbons (Fsp3) is 0.600. The van der Waals surface area contributed by atoms with E-state index in [0.29, 0.717) is 5.84 Å². The second-order valence-corrected chi connectivity index (χ2v) is 5.95. The van der Waals surface area contributed by atoms with Crippen molar-refractivity contribution in [1.82, 2.24) is 14.4 Å². The predicted octanol–water partition coefficient (Wildman–Crippen LogP) is 1.38. The first-order chi connectivity index (χ1) is 10.5. The number of hydrogen-bond acceptors (Lipinski definition) is 3. The van der Waals surface area contributed by atoms with Crippen molar-refractivity contribution in [2.75, 3.05) is 14.1 Å². The molecule has 3 amide bonds. The van der Waals surface area contributed by atoms with Gasteiger partial charge in [0, 0.05) is 14.1 Å². The lowest BCUT2D eigenvalue weighted by molar-refractivity contribution is -0.677. The number of hydrogen-bond donors (Lipinski definition) is 0. The number of carbonyl (C=O) groups excluding carboxylic acids is 2. The van der Waals surface area contributed by atoms with E-state index in [1.54, 1.807) is 7.05 Å². The van der Waals surface area contributed by atoms with Gasteiger partial charge in [-0.25, -0.2) is 13.9 Å². The third-order valence-corrected chi connectivity index (χ3v) is 4.43. The molecule has 1 fully saturated rings. The van der Waals surface area contributed by atoms with Gasteiger partial charge in [0.2, 0.25) is 11.9 Å². The van der Waals surface area contributed by atoms with Crippen molar-refractivity contribution < 1.29 is 14.2 Å². The first kappa shape index (κ1) is 14.7. The molecule has 0 saturated carbocycles.